The number of hydrogen-bond donors (Lipinski definition) is 0. The van der Waals surface area contributed by atoms with E-state index in [0.717, 1.165) is 11.8 Å². The highest BCUT2D eigenvalue weighted by molar-refractivity contribution is 7.48. The molecule has 0 heterocycles. The van der Waals surface area contributed by atoms with Gasteiger partial charge in [-0.05, 0) is 37.6 Å². The van der Waals surface area contributed by atoms with E-state index in [0.29, 0.717) is 0 Å². The summed E-state index contributed by atoms with van der Waals surface area (Å²) in [5.74, 6) is 1.57. The molecule has 11 heavy (non-hydrogen) atoms. The summed E-state index contributed by atoms with van der Waals surface area (Å²) in [6.07, 6.45) is 6.38. The molecule has 0 aromatic rings. The summed E-state index contributed by atoms with van der Waals surface area (Å²) in [5, 5.41) is 1.41. The van der Waals surface area contributed by atoms with E-state index in [9.17, 15) is 0 Å². The third kappa shape index (κ3) is 1.39. The zero-order chi connectivity index (χ0) is 8.06. The smallest absolute Gasteiger partial charge is 0.140 e. The van der Waals surface area contributed by atoms with Gasteiger partial charge in [0.05, 0.1) is 0 Å². The molecule has 0 aromatic heterocycles. The summed E-state index contributed by atoms with van der Waals surface area (Å²) in [4.78, 5) is 0. The third-order valence-electron chi connectivity index (χ3n) is 2.84. The Morgan fingerprint density at radius 3 is 2.45 bits per heavy atom. The molecule has 2 bridgehead atoms. The first-order valence-electron chi connectivity index (χ1n) is 4.17. The van der Waals surface area contributed by atoms with Crippen LogP contribution < -0.4 is 0 Å². The number of allylic oxidation sites excluding steroid dienone is 2. The predicted molar refractivity (Wildman–Crippen MR) is 52.2 cm³/mol. The zero-order valence-electron chi connectivity index (χ0n) is 6.61. The standard InChI is InChI=1S/C8H12Cl2Si/c1-11(9,10)8-5-6-2-3-7(8)4-6/h5-7H,2-4H2,1H3. The quantitative estimate of drug-likeness (QED) is 0.456. The molecule has 0 nitrogen and oxygen atoms in total. The van der Waals surface area contributed by atoms with Gasteiger partial charge in [0.15, 0.2) is 0 Å². The number of halogens is 2. The fourth-order valence-corrected chi connectivity index (χ4v) is 5.16. The minimum atomic E-state index is -1.97. The van der Waals surface area contributed by atoms with Crippen molar-refractivity contribution in [2.75, 3.05) is 0 Å². The third-order valence-corrected chi connectivity index (χ3v) is 5.73. The molecule has 0 aromatic carbocycles. The Labute approximate surface area is 78.0 Å². The van der Waals surface area contributed by atoms with Gasteiger partial charge in [0.25, 0.3) is 6.69 Å². The lowest BCUT2D eigenvalue weighted by atomic mass is 10.1. The van der Waals surface area contributed by atoms with Crippen LogP contribution >= 0.6 is 22.2 Å². The van der Waals surface area contributed by atoms with E-state index in [4.69, 9.17) is 22.2 Å². The Kier molecular flexibility index (Phi) is 1.86. The molecule has 0 saturated heterocycles. The fraction of sp³-hybridized carbons (Fsp3) is 0.750. The molecule has 1 fully saturated rings. The summed E-state index contributed by atoms with van der Waals surface area (Å²) in [7, 11) is 0. The van der Waals surface area contributed by atoms with Crippen LogP contribution in [-0.4, -0.2) is 6.69 Å². The molecular weight excluding hydrogens is 195 g/mol. The van der Waals surface area contributed by atoms with Gasteiger partial charge in [-0.1, -0.05) is 11.3 Å². The Morgan fingerprint density at radius 2 is 2.18 bits per heavy atom. The van der Waals surface area contributed by atoms with Crippen molar-refractivity contribution < 1.29 is 0 Å². The molecule has 2 atom stereocenters. The molecule has 2 rings (SSSR count). The lowest BCUT2D eigenvalue weighted by molar-refractivity contribution is 0.681. The molecular formula is C8H12Cl2Si. The second-order valence-corrected chi connectivity index (χ2v) is 11.3. The molecule has 0 radical (unpaired) electrons. The number of hydrogen-bond acceptors (Lipinski definition) is 0. The molecule has 0 aliphatic heterocycles. The zero-order valence-corrected chi connectivity index (χ0v) is 9.12. The average molecular weight is 207 g/mol. The van der Waals surface area contributed by atoms with E-state index in [-0.39, 0.29) is 0 Å². The van der Waals surface area contributed by atoms with Crippen molar-refractivity contribution in [1.82, 2.24) is 0 Å². The Balaban J connectivity index is 2.23. The maximum absolute atomic E-state index is 6.17. The largest absolute Gasteiger partial charge is 0.274 e. The molecule has 0 spiro atoms. The minimum Gasteiger partial charge on any atom is -0.140 e. The second kappa shape index (κ2) is 2.51. The molecule has 2 unspecified atom stereocenters. The molecule has 1 saturated carbocycles. The topological polar surface area (TPSA) is 0 Å². The van der Waals surface area contributed by atoms with E-state index < -0.39 is 6.69 Å². The number of rotatable bonds is 1. The van der Waals surface area contributed by atoms with Gasteiger partial charge < -0.3 is 0 Å². The van der Waals surface area contributed by atoms with Gasteiger partial charge in [-0.2, -0.15) is 0 Å². The van der Waals surface area contributed by atoms with Crippen LogP contribution in [0.5, 0.6) is 0 Å². The first kappa shape index (κ1) is 8.15. The normalized spacial score (nSPS) is 36.1. The van der Waals surface area contributed by atoms with Crippen LogP contribution in [0.1, 0.15) is 19.3 Å². The van der Waals surface area contributed by atoms with Crippen LogP contribution in [-0.2, 0) is 0 Å². The lowest BCUT2D eigenvalue weighted by Gasteiger charge is -2.19. The SMILES string of the molecule is C[Si](Cl)(Cl)C1=CC2CCC1C2. The summed E-state index contributed by atoms with van der Waals surface area (Å²) in [5.41, 5.74) is 0. The van der Waals surface area contributed by atoms with Crippen molar-refractivity contribution in [3.8, 4) is 0 Å². The van der Waals surface area contributed by atoms with E-state index in [2.05, 4.69) is 6.08 Å². The summed E-state index contributed by atoms with van der Waals surface area (Å²) in [6, 6.07) is 0. The maximum Gasteiger partial charge on any atom is 0.274 e. The average Bonchev–Trinajstić information content (AvgIpc) is 2.42. The Morgan fingerprint density at radius 1 is 1.45 bits per heavy atom. The summed E-state index contributed by atoms with van der Waals surface area (Å²) in [6.45, 7) is 0.0443. The molecule has 62 valence electrons. The van der Waals surface area contributed by atoms with E-state index in [1.54, 1.807) is 0 Å². The summed E-state index contributed by atoms with van der Waals surface area (Å²) < 4.78 is 0. The summed E-state index contributed by atoms with van der Waals surface area (Å²) >= 11 is 12.3. The van der Waals surface area contributed by atoms with Crippen molar-refractivity contribution in [2.45, 2.75) is 25.8 Å². The van der Waals surface area contributed by atoms with Gasteiger partial charge in [0.2, 0.25) is 0 Å². The van der Waals surface area contributed by atoms with Crippen LogP contribution in [0.3, 0.4) is 0 Å². The van der Waals surface area contributed by atoms with Gasteiger partial charge in [0.1, 0.15) is 0 Å². The monoisotopic (exact) mass is 206 g/mol. The maximum atomic E-state index is 6.17. The lowest BCUT2D eigenvalue weighted by Crippen LogP contribution is -2.22. The van der Waals surface area contributed by atoms with E-state index in [1.807, 2.05) is 6.55 Å². The van der Waals surface area contributed by atoms with Gasteiger partial charge in [-0.3, -0.25) is 0 Å². The highest BCUT2D eigenvalue weighted by Gasteiger charge is 2.41. The van der Waals surface area contributed by atoms with E-state index >= 15 is 0 Å². The number of fused-ring (bicyclic) bond motifs is 2. The van der Waals surface area contributed by atoms with Gasteiger partial charge in [-0.15, -0.1) is 22.2 Å². The van der Waals surface area contributed by atoms with Gasteiger partial charge in [-0.25, -0.2) is 0 Å². The van der Waals surface area contributed by atoms with Crippen molar-refractivity contribution in [3.63, 3.8) is 0 Å². The predicted octanol–water partition coefficient (Wildman–Crippen LogP) is 3.43. The van der Waals surface area contributed by atoms with Crippen LogP contribution in [0.4, 0.5) is 0 Å². The molecule has 0 amide bonds. The highest BCUT2D eigenvalue weighted by Crippen LogP contribution is 2.48. The molecule has 2 aliphatic carbocycles. The highest BCUT2D eigenvalue weighted by atomic mass is 35.7. The van der Waals surface area contributed by atoms with Gasteiger partial charge in [0, 0.05) is 0 Å². The van der Waals surface area contributed by atoms with Crippen molar-refractivity contribution in [2.24, 2.45) is 11.8 Å². The van der Waals surface area contributed by atoms with Crippen LogP contribution in [0, 0.1) is 11.8 Å². The fourth-order valence-electron chi connectivity index (χ4n) is 2.35. The Hall–Kier alpha value is 0.537. The van der Waals surface area contributed by atoms with Crippen LogP contribution in [0.2, 0.25) is 6.55 Å². The van der Waals surface area contributed by atoms with Crippen molar-refractivity contribution in [1.29, 1.82) is 0 Å². The first-order chi connectivity index (χ1) is 5.07. The van der Waals surface area contributed by atoms with Crippen LogP contribution in [0.25, 0.3) is 0 Å². The molecule has 3 heteroatoms. The minimum absolute atomic E-state index is 0.756. The van der Waals surface area contributed by atoms with Gasteiger partial charge >= 0.3 is 0 Å². The van der Waals surface area contributed by atoms with Crippen molar-refractivity contribution >= 4 is 28.9 Å². The molecule has 2 aliphatic rings. The Bertz CT molecular complexity index is 205. The van der Waals surface area contributed by atoms with E-state index in [1.165, 1.54) is 24.5 Å². The second-order valence-electron chi connectivity index (χ2n) is 3.78. The van der Waals surface area contributed by atoms with Crippen molar-refractivity contribution in [3.05, 3.63) is 11.3 Å². The van der Waals surface area contributed by atoms with Crippen LogP contribution in [0.15, 0.2) is 11.3 Å². The molecule has 0 N–H and O–H groups in total. The first-order valence-corrected chi connectivity index (χ1v) is 8.70.